The Morgan fingerprint density at radius 3 is 1.49 bits per heavy atom. The van der Waals surface area contributed by atoms with Gasteiger partial charge in [0.15, 0.2) is 6.10 Å². The third-order valence-corrected chi connectivity index (χ3v) is 4.33. The zero-order valence-corrected chi connectivity index (χ0v) is 26.8. The van der Waals surface area contributed by atoms with Gasteiger partial charge in [-0.05, 0) is 12.7 Å². The van der Waals surface area contributed by atoms with Crippen molar-refractivity contribution in [2.45, 2.75) is 179 Å². The number of nitrogens with two attached hydrogens (primary N) is 1. The van der Waals surface area contributed by atoms with Gasteiger partial charge in [0.2, 0.25) is 0 Å². The van der Waals surface area contributed by atoms with E-state index in [0.717, 1.165) is 0 Å². The molecule has 0 aromatic carbocycles. The van der Waals surface area contributed by atoms with Crippen molar-refractivity contribution in [3.05, 3.63) is 0 Å². The molecular weight excluding hydrogens is 636 g/mol. The fourth-order valence-corrected chi connectivity index (χ4v) is 2.45. The number of rotatable bonds is 34. The molecule has 0 amide bonds. The number of phosphoric acid groups is 1. The Bertz CT molecular complexity index is 3030. The van der Waals surface area contributed by atoms with Crippen molar-refractivity contribution in [2.75, 3.05) is 19.8 Å². The van der Waals surface area contributed by atoms with Crippen molar-refractivity contribution >= 4 is 25.7 Å². The molecule has 3 N–H and O–H groups in total. The van der Waals surface area contributed by atoms with Crippen LogP contribution in [0.3, 0.4) is 0 Å². The number of esters is 2. The first-order valence-electron chi connectivity index (χ1n) is 38.4. The van der Waals surface area contributed by atoms with Crippen molar-refractivity contribution < 1.29 is 151 Å². The topological polar surface area (TPSA) is 175 Å². The number of hydrogen-bond donors (Lipinski definition) is 2. The Balaban J connectivity index is 0. The number of carbonyl (C=O) groups is 3. The van der Waals surface area contributed by atoms with Gasteiger partial charge in [-0.25, -0.2) is 0 Å². The molecule has 47 heavy (non-hydrogen) atoms. The molecule has 0 saturated heterocycles. The van der Waals surface area contributed by atoms with Crippen LogP contribution < -0.4 is 40.2 Å². The van der Waals surface area contributed by atoms with E-state index in [4.69, 9.17) is 84.9 Å². The quantitative estimate of drug-likeness (QED) is 0.0527. The van der Waals surface area contributed by atoms with Crippen LogP contribution in [0, 0.1) is 0 Å². The largest absolute Gasteiger partial charge is 1.00 e. The molecule has 11 nitrogen and oxygen atoms in total. The number of hydrogen-bond acceptors (Lipinski definition) is 10. The van der Waals surface area contributed by atoms with Gasteiger partial charge in [-0.15, -0.1) is 0 Å². The average molecular weight is 756 g/mol. The summed E-state index contributed by atoms with van der Waals surface area (Å²) in [5.74, 6) is -8.23. The maximum absolute atomic E-state index is 13.8. The third-order valence-electron chi connectivity index (χ3n) is 3.40. The monoisotopic (exact) mass is 756 g/mol. The predicted molar refractivity (Wildman–Crippen MR) is 178 cm³/mol. The molecule has 0 aromatic heterocycles. The van der Waals surface area contributed by atoms with Gasteiger partial charge in [0.25, 0.3) is 7.82 Å². The molecule has 0 aromatic rings. The molecule has 0 rings (SSSR count). The summed E-state index contributed by atoms with van der Waals surface area (Å²) in [4.78, 5) is 51.2. The summed E-state index contributed by atoms with van der Waals surface area (Å²) < 4.78 is 469. The first kappa shape index (κ1) is 9.91. The van der Waals surface area contributed by atoms with Crippen LogP contribution >= 0.6 is 7.82 Å². The summed E-state index contributed by atoms with van der Waals surface area (Å²) in [5.41, 5.74) is 5.12. The van der Waals surface area contributed by atoms with Crippen LogP contribution in [0.25, 0.3) is 0 Å². The van der Waals surface area contributed by atoms with Crippen LogP contribution in [-0.2, 0) is 37.5 Å². The van der Waals surface area contributed by atoms with Crippen LogP contribution in [0.2, 0.25) is 0 Å². The second-order valence-electron chi connectivity index (χ2n) is 6.61. The van der Waals surface area contributed by atoms with Crippen LogP contribution in [0.5, 0.6) is 0 Å². The molecule has 0 spiro atoms. The van der Waals surface area contributed by atoms with Gasteiger partial charge in [0.1, 0.15) is 12.6 Å². The molecule has 3 atom stereocenters. The summed E-state index contributed by atoms with van der Waals surface area (Å²) in [7, 11) is -6.22. The minimum Gasteiger partial charge on any atom is -0.756 e. The average Bonchev–Trinajstić information content (AvgIpc) is 0.687. The fourth-order valence-electron chi connectivity index (χ4n) is 1.68. The van der Waals surface area contributed by atoms with Crippen LogP contribution in [0.4, 0.5) is 0 Å². The van der Waals surface area contributed by atoms with E-state index in [9.17, 15) is 23.8 Å². The van der Waals surface area contributed by atoms with E-state index in [1.165, 1.54) is 0 Å². The van der Waals surface area contributed by atoms with Crippen molar-refractivity contribution in [3.8, 4) is 0 Å². The summed E-state index contributed by atoms with van der Waals surface area (Å²) in [6, 6.07) is -2.26. The molecule has 0 bridgehead atoms. The van der Waals surface area contributed by atoms with Gasteiger partial charge in [0, 0.05) is 86.8 Å². The maximum Gasteiger partial charge on any atom is 1.00 e. The second kappa shape index (κ2) is 34.0. The second-order valence-corrected chi connectivity index (χ2v) is 8.02. The van der Waals surface area contributed by atoms with Gasteiger partial charge >= 0.3 is 47.5 Å². The molecular formula is C34H65NNaO10P. The Kier molecular flexibility index (Phi) is 7.16. The number of aliphatic carboxylic acids is 1. The molecule has 0 radical (unpaired) electrons. The van der Waals surface area contributed by atoms with E-state index in [0.29, 0.717) is 0 Å². The van der Waals surface area contributed by atoms with E-state index in [-0.39, 0.29) is 29.6 Å². The summed E-state index contributed by atoms with van der Waals surface area (Å²) in [6.45, 7) is -14.7. The van der Waals surface area contributed by atoms with Crippen molar-refractivity contribution in [2.24, 2.45) is 5.73 Å². The standard InChI is InChI=1S/C34H66NO10P.Na/c1-3-5-7-9-11-13-15-17-19-21-23-25-32(36)42-27-30(28-43-46(40,41)44-29-31(35)34(38)39)45-33(37)26-24-22-20-18-16-14-12-10-8-6-4-2;/h30-31H,3-29,35H2,1-2H3,(H,38,39)(H,40,41);/q;+1/p-1/t30-,31+;/m1./s1/i1D3,2D3,3D2,4D2,5D2,6D2,7D2,8D2,9D2,10D2,11D2,12D2,13D2,14D2,15D2,16D2,17D2,18D2,19D2,20D2,21D2,22D2,23D2,24D2,25D2,26D2;. The van der Waals surface area contributed by atoms with Crippen molar-refractivity contribution in [1.29, 1.82) is 0 Å². The van der Waals surface area contributed by atoms with E-state index in [1.54, 1.807) is 0 Å². The minimum absolute atomic E-state index is 0. The van der Waals surface area contributed by atoms with E-state index < -0.39 is 224 Å². The SMILES string of the molecule is [2H]C([2H])([2H])C([2H])([2H])C([2H])([2H])C([2H])([2H])C([2H])([2H])C([2H])([2H])C([2H])([2H])C([2H])([2H])C([2H])([2H])C([2H])([2H])C([2H])([2H])C([2H])([2H])C([2H])([2H])C(=O)OC[C@H](COP(=O)([O-])OC[C@H](N)C(=O)O)OC(=O)C([2H])([2H])C([2H])([2H])C([2H])([2H])C([2H])([2H])C([2H])([2H])C([2H])([2H])C([2H])([2H])C([2H])([2H])C([2H])([2H])C([2H])([2H])C([2H])([2H])C([2H])([2H])C([2H])([2H])[2H].[Na+]. The zero-order valence-electron chi connectivity index (χ0n) is 77.9. The molecule has 0 aliphatic rings. The van der Waals surface area contributed by atoms with Gasteiger partial charge in [0.05, 0.1) is 13.2 Å². The molecule has 272 valence electrons. The summed E-state index contributed by atoms with van der Waals surface area (Å²) >= 11 is 0. The number of carboxylic acids is 1. The van der Waals surface area contributed by atoms with Crippen LogP contribution in [0.15, 0.2) is 0 Å². The zero-order chi connectivity index (χ0) is 82.3. The molecule has 0 aliphatic carbocycles. The number of carbonyl (C=O) groups excluding carboxylic acids is 2. The van der Waals surface area contributed by atoms with E-state index >= 15 is 0 Å². The third kappa shape index (κ3) is 33.7. The number of ether oxygens (including phenoxy) is 2. The fraction of sp³-hybridized carbons (Fsp3) is 0.912. The van der Waals surface area contributed by atoms with Crippen LogP contribution in [-0.4, -0.2) is 55.0 Å². The smallest absolute Gasteiger partial charge is 0.756 e. The van der Waals surface area contributed by atoms with Crippen molar-refractivity contribution in [3.63, 3.8) is 0 Å². The minimum atomic E-state index is -6.22. The first-order chi connectivity index (χ1) is 42.5. The van der Waals surface area contributed by atoms with E-state index in [2.05, 4.69) is 18.5 Å². The first-order valence-corrected chi connectivity index (χ1v) is 12.9. The van der Waals surface area contributed by atoms with Gasteiger partial charge in [-0.3, -0.25) is 18.9 Å². The number of phosphoric ester groups is 1. The summed E-state index contributed by atoms with van der Waals surface area (Å²) in [5, 5.41) is 8.99. The molecule has 0 saturated carbocycles. The van der Waals surface area contributed by atoms with Gasteiger partial charge < -0.3 is 34.3 Å². The van der Waals surface area contributed by atoms with Crippen LogP contribution in [0.1, 0.15) is 241 Å². The summed E-state index contributed by atoms with van der Waals surface area (Å²) in [6.07, 6.45) is -128. The maximum atomic E-state index is 13.8. The predicted octanol–water partition coefficient (Wildman–Crippen LogP) is 4.76. The molecule has 1 unspecified atom stereocenters. The molecule has 0 fully saturated rings. The Morgan fingerprint density at radius 1 is 0.681 bits per heavy atom. The molecule has 13 heteroatoms. The Labute approximate surface area is 382 Å². The van der Waals surface area contributed by atoms with Crippen molar-refractivity contribution in [1.82, 2.24) is 0 Å². The van der Waals surface area contributed by atoms with E-state index in [1.807, 2.05) is 0 Å². The van der Waals surface area contributed by atoms with Gasteiger partial charge in [-0.2, -0.15) is 0 Å². The normalized spacial score (nSPS) is 38.6. The van der Waals surface area contributed by atoms with Gasteiger partial charge in [-0.1, -0.05) is 141 Å². The Morgan fingerprint density at radius 2 is 1.06 bits per heavy atom. The molecule has 0 aliphatic heterocycles. The Hall–Kier alpha value is -0.520. The number of carboxylic acid groups (broad SMARTS) is 1. The molecule has 0 heterocycles.